The Morgan fingerprint density at radius 1 is 0.556 bits per heavy atom. The lowest BCUT2D eigenvalue weighted by atomic mass is 11.5. The fraction of sp³-hybridized carbons (Fsp3) is 1.00. The van der Waals surface area contributed by atoms with Crippen LogP contribution in [0.1, 0.15) is 0 Å². The van der Waals surface area contributed by atoms with E-state index in [9.17, 15) is 0 Å². The summed E-state index contributed by atoms with van der Waals surface area (Å²) in [6, 6.07) is 0. The van der Waals surface area contributed by atoms with E-state index < -0.39 is 25.2 Å². The van der Waals surface area contributed by atoms with E-state index in [1.165, 1.54) is 0 Å². The highest BCUT2D eigenvalue weighted by atomic mass is 28.5. The van der Waals surface area contributed by atoms with E-state index in [2.05, 4.69) is 84.4 Å². The molecule has 0 aromatic rings. The zero-order valence-corrected chi connectivity index (χ0v) is 17.8. The van der Waals surface area contributed by atoms with E-state index in [-0.39, 0.29) is 0 Å². The molecule has 0 amide bonds. The van der Waals surface area contributed by atoms with Crippen LogP contribution in [0.5, 0.6) is 0 Å². The van der Waals surface area contributed by atoms with Gasteiger partial charge in [-0.15, -0.1) is 0 Å². The highest BCUT2D eigenvalue weighted by Crippen LogP contribution is 2.29. The number of hydrogen-bond donors (Lipinski definition) is 0. The van der Waals surface area contributed by atoms with E-state index in [0.717, 1.165) is 9.84 Å². The van der Waals surface area contributed by atoms with Crippen molar-refractivity contribution in [2.24, 2.45) is 0 Å². The van der Waals surface area contributed by atoms with Crippen LogP contribution < -0.4 is 0 Å². The third kappa shape index (κ3) is 2.49. The Hall–Kier alpha value is 0.708. The van der Waals surface area contributed by atoms with Crippen LogP contribution in [-0.4, -0.2) is 80.1 Å². The first kappa shape index (κ1) is 16.8. The summed E-state index contributed by atoms with van der Waals surface area (Å²) in [5, 5.41) is 0. The van der Waals surface area contributed by atoms with Crippen molar-refractivity contribution in [2.75, 3.05) is 28.2 Å². The Bertz CT molecular complexity index is 293. The van der Waals surface area contributed by atoms with Crippen molar-refractivity contribution >= 4 is 35.0 Å². The zero-order valence-electron chi connectivity index (χ0n) is 13.8. The van der Waals surface area contributed by atoms with Gasteiger partial charge < -0.3 is 16.9 Å². The van der Waals surface area contributed by atoms with Crippen molar-refractivity contribution in [3.63, 3.8) is 0 Å². The number of rotatable bonds is 0. The molecule has 106 valence electrons. The maximum Gasteiger partial charge on any atom is 0.237 e. The van der Waals surface area contributed by atoms with Gasteiger partial charge in [0.2, 0.25) is 9.84 Å². The first-order valence-corrected chi connectivity index (χ1v) is 16.2. The predicted molar refractivity (Wildman–Crippen MR) is 89.3 cm³/mol. The molecule has 0 aromatic carbocycles. The lowest BCUT2D eigenvalue weighted by Crippen LogP contribution is -2.82. The minimum atomic E-state index is -1.52. The Kier molecular flexibility index (Phi) is 4.58. The van der Waals surface area contributed by atoms with Crippen molar-refractivity contribution in [1.82, 2.24) is 16.9 Å². The molecule has 0 atom stereocenters. The van der Waals surface area contributed by atoms with Gasteiger partial charge in [-0.1, -0.05) is 0 Å². The molecule has 0 unspecified atom stereocenters. The molecule has 2 radical (unpaired) electrons. The maximum absolute atomic E-state index is 2.77. The van der Waals surface area contributed by atoms with E-state index >= 15 is 0 Å². The Labute approximate surface area is 119 Å². The van der Waals surface area contributed by atoms with Crippen LogP contribution in [0.25, 0.3) is 0 Å². The van der Waals surface area contributed by atoms with E-state index in [4.69, 9.17) is 0 Å². The van der Waals surface area contributed by atoms with Gasteiger partial charge in [0.25, 0.3) is 0 Å². The Morgan fingerprint density at radius 3 is 1.11 bits per heavy atom. The van der Waals surface area contributed by atoms with Crippen molar-refractivity contribution in [2.45, 2.75) is 39.3 Å². The van der Waals surface area contributed by atoms with Gasteiger partial charge in [0, 0.05) is 0 Å². The number of nitrogens with zero attached hydrogens (tertiary/aromatic N) is 4. The smallest absolute Gasteiger partial charge is 0.237 e. The van der Waals surface area contributed by atoms with Crippen LogP contribution in [0.4, 0.5) is 0 Å². The fourth-order valence-electron chi connectivity index (χ4n) is 2.48. The molecule has 1 saturated heterocycles. The Morgan fingerprint density at radius 2 is 0.833 bits per heavy atom. The average Bonchev–Trinajstić information content (AvgIpc) is 2.25. The number of hydrogen-bond acceptors (Lipinski definition) is 4. The summed E-state index contributed by atoms with van der Waals surface area (Å²) in [6.45, 7) is 14.9. The summed E-state index contributed by atoms with van der Waals surface area (Å²) in [4.78, 5) is 0. The first-order chi connectivity index (χ1) is 7.86. The summed E-state index contributed by atoms with van der Waals surface area (Å²) in [5.41, 5.74) is 0. The van der Waals surface area contributed by atoms with E-state index in [1.807, 2.05) is 0 Å². The fourth-order valence-corrected chi connectivity index (χ4v) is 21.8. The molecule has 1 aliphatic rings. The normalized spacial score (nSPS) is 31.0. The molecule has 0 aromatic heterocycles. The van der Waals surface area contributed by atoms with Crippen LogP contribution in [0.3, 0.4) is 0 Å². The molecule has 8 heteroatoms. The molecule has 4 nitrogen and oxygen atoms in total. The monoisotopic (exact) mass is 318 g/mol. The molecule has 0 bridgehead atoms. The molecule has 1 rings (SSSR count). The summed E-state index contributed by atoms with van der Waals surface area (Å²) >= 11 is 0. The molecule has 1 heterocycles. The predicted octanol–water partition coefficient (Wildman–Crippen LogP) is 1.37. The third-order valence-corrected chi connectivity index (χ3v) is 26.1. The summed E-state index contributed by atoms with van der Waals surface area (Å²) < 4.78 is 10.8. The van der Waals surface area contributed by atoms with Crippen molar-refractivity contribution in [3.05, 3.63) is 0 Å². The van der Waals surface area contributed by atoms with Crippen LogP contribution >= 0.6 is 0 Å². The topological polar surface area (TPSA) is 13.0 Å². The van der Waals surface area contributed by atoms with Crippen molar-refractivity contribution in [3.8, 4) is 0 Å². The summed E-state index contributed by atoms with van der Waals surface area (Å²) in [5.74, 6) is 0. The molecule has 0 N–H and O–H groups in total. The molecule has 0 saturated carbocycles. The van der Waals surface area contributed by atoms with Gasteiger partial charge in [-0.05, 0) is 67.5 Å². The van der Waals surface area contributed by atoms with Gasteiger partial charge in [0.05, 0.1) is 0 Å². The van der Waals surface area contributed by atoms with Crippen molar-refractivity contribution in [1.29, 1.82) is 0 Å². The van der Waals surface area contributed by atoms with Gasteiger partial charge >= 0.3 is 0 Å². The molecule has 1 aliphatic heterocycles. The standard InChI is InChI=1S/C10H30N4Si4/c1-11-15-12(2)17(7,8)14(4)18(9,10)13(3)16(11,5)6/h1-10H3. The van der Waals surface area contributed by atoms with E-state index in [0.29, 0.717) is 0 Å². The SMILES string of the molecule is CN1[Si]N(C)[Si](C)(C)N(C)[Si](C)(C)N(C)[Si]1(C)C. The Balaban J connectivity index is 3.28. The second-order valence-electron chi connectivity index (χ2n) is 6.82. The van der Waals surface area contributed by atoms with Gasteiger partial charge in [-0.2, -0.15) is 0 Å². The second-order valence-corrected chi connectivity index (χ2v) is 23.1. The maximum atomic E-state index is 2.77. The van der Waals surface area contributed by atoms with Gasteiger partial charge in [0.15, 0.2) is 25.2 Å². The minimum Gasteiger partial charge on any atom is -0.325 e. The largest absolute Gasteiger partial charge is 0.325 e. The zero-order chi connectivity index (χ0) is 14.5. The average molecular weight is 319 g/mol. The van der Waals surface area contributed by atoms with E-state index in [1.54, 1.807) is 0 Å². The van der Waals surface area contributed by atoms with Crippen LogP contribution in [0.2, 0.25) is 39.3 Å². The molecule has 1 fully saturated rings. The van der Waals surface area contributed by atoms with Crippen molar-refractivity contribution < 1.29 is 0 Å². The lowest BCUT2D eigenvalue weighted by molar-refractivity contribution is 0.509. The highest BCUT2D eigenvalue weighted by molar-refractivity contribution is 6.98. The van der Waals surface area contributed by atoms with Crippen LogP contribution in [-0.2, 0) is 0 Å². The minimum absolute atomic E-state index is 0.818. The molecular weight excluding hydrogens is 288 g/mol. The molecular formula is C10H30N4Si4. The van der Waals surface area contributed by atoms with Gasteiger partial charge in [-0.3, -0.25) is 0 Å². The van der Waals surface area contributed by atoms with Crippen LogP contribution in [0.15, 0.2) is 0 Å². The third-order valence-electron chi connectivity index (χ3n) is 5.22. The first-order valence-electron chi connectivity index (χ1n) is 6.58. The lowest BCUT2D eigenvalue weighted by Gasteiger charge is -2.59. The summed E-state index contributed by atoms with van der Waals surface area (Å²) in [7, 11) is 5.70. The molecule has 18 heavy (non-hydrogen) atoms. The molecule has 0 spiro atoms. The summed E-state index contributed by atoms with van der Waals surface area (Å²) in [6.07, 6.45) is 0. The van der Waals surface area contributed by atoms with Gasteiger partial charge in [-0.25, -0.2) is 0 Å². The quantitative estimate of drug-likeness (QED) is 0.625. The van der Waals surface area contributed by atoms with Gasteiger partial charge in [0.1, 0.15) is 0 Å². The van der Waals surface area contributed by atoms with Crippen LogP contribution in [0, 0.1) is 0 Å². The second kappa shape index (κ2) is 4.92. The molecule has 0 aliphatic carbocycles. The highest BCUT2D eigenvalue weighted by Gasteiger charge is 2.52.